The van der Waals surface area contributed by atoms with Gasteiger partial charge in [0, 0.05) is 66.7 Å². The van der Waals surface area contributed by atoms with Gasteiger partial charge in [-0.15, -0.1) is 15.3 Å². The summed E-state index contributed by atoms with van der Waals surface area (Å²) in [6.07, 6.45) is 4.13. The second-order valence-electron chi connectivity index (χ2n) is 12.5. The van der Waals surface area contributed by atoms with Crippen LogP contribution < -0.4 is 29.6 Å². The van der Waals surface area contributed by atoms with Gasteiger partial charge in [-0.3, -0.25) is 4.70 Å². The van der Waals surface area contributed by atoms with Crippen LogP contribution in [-0.4, -0.2) is 98.0 Å². The molecule has 2 atom stereocenters. The highest BCUT2D eigenvalue weighted by molar-refractivity contribution is 7.89. The Labute approximate surface area is 355 Å². The fourth-order valence-corrected chi connectivity index (χ4v) is 6.00. The van der Waals surface area contributed by atoms with Crippen LogP contribution in [0, 0.1) is 11.6 Å². The Morgan fingerprint density at radius 1 is 0.688 bits per heavy atom. The number of ether oxygens (including phenoxy) is 2. The zero-order valence-corrected chi connectivity index (χ0v) is 34.0. The Balaban J connectivity index is 0.000000277. The molecule has 4 N–H and O–H groups in total. The maximum Gasteiger partial charge on any atom is 0.387 e. The molecule has 4 heterocycles. The summed E-state index contributed by atoms with van der Waals surface area (Å²) in [6, 6.07) is 4.06. The van der Waals surface area contributed by atoms with Crippen molar-refractivity contribution < 1.29 is 70.6 Å². The van der Waals surface area contributed by atoms with Gasteiger partial charge in [-0.2, -0.15) is 31.5 Å². The number of sulfonamides is 2. The summed E-state index contributed by atoms with van der Waals surface area (Å²) >= 11 is 0. The first-order chi connectivity index (χ1) is 29.7. The number of hydrogen-bond acceptors (Lipinski definition) is 18. The van der Waals surface area contributed by atoms with Crippen LogP contribution in [0.1, 0.15) is 41.1 Å². The molecule has 346 valence electrons. The second-order valence-corrected chi connectivity index (χ2v) is 16.2. The lowest BCUT2D eigenvalue weighted by atomic mass is 10.1. The van der Waals surface area contributed by atoms with E-state index in [1.807, 2.05) is 0 Å². The van der Waals surface area contributed by atoms with E-state index in [1.54, 1.807) is 0 Å². The van der Waals surface area contributed by atoms with Crippen LogP contribution in [0.25, 0.3) is 11.5 Å². The van der Waals surface area contributed by atoms with E-state index in [2.05, 4.69) is 75.1 Å². The van der Waals surface area contributed by atoms with Crippen molar-refractivity contribution in [3.05, 3.63) is 95.4 Å². The number of aromatic nitrogens is 6. The minimum Gasteiger partial charge on any atom is -0.435 e. The van der Waals surface area contributed by atoms with E-state index in [0.29, 0.717) is 17.8 Å². The molecule has 0 saturated carbocycles. The molecule has 0 amide bonds. The molecule has 6 rings (SSSR count). The summed E-state index contributed by atoms with van der Waals surface area (Å²) < 4.78 is 167. The van der Waals surface area contributed by atoms with E-state index in [9.17, 15) is 52.0 Å². The summed E-state index contributed by atoms with van der Waals surface area (Å²) in [4.78, 5) is 16.1. The van der Waals surface area contributed by atoms with Gasteiger partial charge >= 0.3 is 19.6 Å². The van der Waals surface area contributed by atoms with Crippen LogP contribution in [0.5, 0.6) is 11.5 Å². The van der Waals surface area contributed by atoms with Gasteiger partial charge in [-0.1, -0.05) is 12.1 Å². The molecule has 1 aliphatic heterocycles. The van der Waals surface area contributed by atoms with Crippen molar-refractivity contribution >= 4 is 37.7 Å². The molecule has 1 aliphatic rings. The van der Waals surface area contributed by atoms with Crippen LogP contribution in [0.15, 0.2) is 81.0 Å². The van der Waals surface area contributed by atoms with Gasteiger partial charge in [-0.25, -0.2) is 55.0 Å². The minimum atomic E-state index is -3.67. The zero-order chi connectivity index (χ0) is 45.9. The molecule has 64 heavy (non-hydrogen) atoms. The van der Waals surface area contributed by atoms with E-state index in [1.165, 1.54) is 18.5 Å². The molecule has 0 aliphatic carbocycles. The molecule has 0 fully saturated rings. The summed E-state index contributed by atoms with van der Waals surface area (Å²) in [5.74, 6) is -3.77. The number of hydrogen-bond donors (Lipinski definition) is 4. The largest absolute Gasteiger partial charge is 0.435 e. The Bertz CT molecular complexity index is 2620. The van der Waals surface area contributed by atoms with Crippen LogP contribution in [0.4, 0.5) is 51.7 Å². The van der Waals surface area contributed by atoms with Crippen molar-refractivity contribution in [3.8, 4) is 23.0 Å². The summed E-state index contributed by atoms with van der Waals surface area (Å²) in [7, 11) is -7.26. The van der Waals surface area contributed by atoms with E-state index < -0.39 is 75.1 Å². The number of nitrogens with zero attached hydrogens (tertiary/aromatic N) is 9. The third-order valence-corrected chi connectivity index (χ3v) is 9.19. The lowest BCUT2D eigenvalue weighted by Crippen LogP contribution is -2.31. The van der Waals surface area contributed by atoms with Crippen LogP contribution in [-0.2, 0) is 20.0 Å². The summed E-state index contributed by atoms with van der Waals surface area (Å²) in [5, 5.41) is 23.2. The molecule has 0 bridgehead atoms. The van der Waals surface area contributed by atoms with Crippen LogP contribution in [0.3, 0.4) is 0 Å². The Hall–Kier alpha value is -6.60. The highest BCUT2D eigenvalue weighted by Crippen LogP contribution is 2.28. The van der Waals surface area contributed by atoms with Crippen LogP contribution >= 0.6 is 0 Å². The van der Waals surface area contributed by atoms with Crippen molar-refractivity contribution in [1.29, 1.82) is 0 Å². The highest BCUT2D eigenvalue weighted by Gasteiger charge is 2.23. The molecule has 3 aromatic heterocycles. The Morgan fingerprint density at radius 2 is 1.14 bits per heavy atom. The number of alkyl halides is 6. The van der Waals surface area contributed by atoms with Crippen LogP contribution in [0.2, 0.25) is 0 Å². The smallest absolute Gasteiger partial charge is 0.387 e. The number of benzene rings is 2. The van der Waals surface area contributed by atoms with Crippen molar-refractivity contribution in [2.24, 2.45) is 15.4 Å². The van der Waals surface area contributed by atoms with Crippen molar-refractivity contribution in [2.75, 3.05) is 42.8 Å². The molecule has 20 nitrogen and oxygen atoms in total. The number of nitrogens with one attached hydrogen (secondary N) is 4. The number of anilines is 2. The predicted octanol–water partition coefficient (Wildman–Crippen LogP) is 5.15. The first-order valence-corrected chi connectivity index (χ1v) is 21.1. The van der Waals surface area contributed by atoms with Gasteiger partial charge in [0.1, 0.15) is 29.7 Å². The van der Waals surface area contributed by atoms with E-state index >= 15 is 0 Å². The van der Waals surface area contributed by atoms with Gasteiger partial charge in [0.15, 0.2) is 0 Å². The maximum atomic E-state index is 14.6. The fraction of sp³-hybridized carbons (Fsp3) is 0.303. The average molecular weight is 958 g/mol. The summed E-state index contributed by atoms with van der Waals surface area (Å²) in [5.41, 5.74) is 1.19. The maximum absolute atomic E-state index is 14.6. The predicted molar refractivity (Wildman–Crippen MR) is 206 cm³/mol. The Morgan fingerprint density at radius 3 is 1.50 bits per heavy atom. The lowest BCUT2D eigenvalue weighted by Gasteiger charge is -2.20. The van der Waals surface area contributed by atoms with Crippen molar-refractivity contribution in [2.45, 2.75) is 31.7 Å². The fourth-order valence-electron chi connectivity index (χ4n) is 5.06. The highest BCUT2D eigenvalue weighted by atomic mass is 32.2. The molecular weight excluding hydrogens is 926 g/mol. The molecule has 0 saturated heterocycles. The van der Waals surface area contributed by atoms with Gasteiger partial charge in [0.25, 0.3) is 11.8 Å². The lowest BCUT2D eigenvalue weighted by molar-refractivity contribution is -0.0507. The number of halogens is 9. The normalized spacial score (nSPS) is 13.5. The van der Waals surface area contributed by atoms with Crippen molar-refractivity contribution in [1.82, 2.24) is 39.6 Å². The summed E-state index contributed by atoms with van der Waals surface area (Å²) in [6.45, 7) is -6.56. The quantitative estimate of drug-likeness (QED) is 0.0781. The molecule has 2 unspecified atom stereocenters. The van der Waals surface area contributed by atoms with Gasteiger partial charge in [0.05, 0.1) is 35.9 Å². The minimum absolute atomic E-state index is 0. The van der Waals surface area contributed by atoms with E-state index in [0.717, 1.165) is 55.2 Å². The molecule has 5 aromatic rings. The first-order valence-electron chi connectivity index (χ1n) is 17.3. The van der Waals surface area contributed by atoms with E-state index in [4.69, 9.17) is 4.42 Å². The van der Waals surface area contributed by atoms with Gasteiger partial charge in [0.2, 0.25) is 31.9 Å². The molecule has 2 aromatic carbocycles. The third-order valence-electron chi connectivity index (χ3n) is 7.81. The topological polar surface area (TPSA) is 262 Å². The standard InChI is InChI=1S/C17H15F5N6O4S.C16H16F3N7O3S.FH/c1-33(29,30)25-7-12(10-3-2-9(4-11(10)18)31-16(21)22)26-17-23-5-8(6-24-17)14-27-28-15(32-14)13(19)20;1-30(27,28)23-8-14(11-3-2-10(4-12(11)17)29-15(18)19)24-16-20-5-9(6-21-16)13-7-22-26-25-13;/h2-6,12-13,16,25H,7H2,1H3,(H,23,24,26);2-6,14-15,23H,7-8H2,1H3,(H,20,21,24);1H. The first kappa shape index (κ1) is 50.0. The van der Waals surface area contributed by atoms with E-state index in [-0.39, 0.29) is 58.0 Å². The third kappa shape index (κ3) is 15.3. The van der Waals surface area contributed by atoms with Gasteiger partial charge in [-0.05, 0) is 17.4 Å². The SMILES string of the molecule is CS(=O)(=O)NCC(Nc1ncc(-c2nnc(C(F)F)o2)cn1)c1ccc(OC(F)F)cc1F.CS(=O)(=O)NCC(Nc1ncc(C2=NN=NC2)cn1)c1ccc(OC(F)F)cc1F.F. The molecular formula is C33H32F9N13O7S2. The number of rotatable bonds is 19. The molecule has 0 radical (unpaired) electrons. The molecule has 31 heteroatoms. The zero-order valence-electron chi connectivity index (χ0n) is 32.4. The van der Waals surface area contributed by atoms with Crippen molar-refractivity contribution in [3.63, 3.8) is 0 Å². The van der Waals surface area contributed by atoms with Gasteiger partial charge < -0.3 is 24.5 Å². The monoisotopic (exact) mass is 957 g/mol. The molecule has 0 spiro atoms. The second kappa shape index (κ2) is 22.2. The average Bonchev–Trinajstić information content (AvgIpc) is 3.93. The Kier molecular flexibility index (Phi) is 17.3.